The molecule has 0 radical (unpaired) electrons. The molecule has 0 saturated carbocycles. The van der Waals surface area contributed by atoms with E-state index in [1.807, 2.05) is 60.7 Å². The molecule has 158 valence electrons. The zero-order valence-electron chi connectivity index (χ0n) is 17.7. The molecule has 1 heterocycles. The van der Waals surface area contributed by atoms with E-state index in [-0.39, 0.29) is 17.7 Å². The van der Waals surface area contributed by atoms with Crippen LogP contribution in [-0.2, 0) is 4.79 Å². The number of aromatic nitrogens is 3. The number of methoxy groups -OCH3 is 1. The molecule has 0 spiro atoms. The van der Waals surface area contributed by atoms with Gasteiger partial charge in [-0.3, -0.25) is 9.36 Å². The number of carbonyl (C=O) groups is 1. The van der Waals surface area contributed by atoms with Crippen LogP contribution in [-0.4, -0.2) is 33.5 Å². The van der Waals surface area contributed by atoms with E-state index < -0.39 is 0 Å². The highest BCUT2D eigenvalue weighted by Gasteiger charge is 2.18. The lowest BCUT2D eigenvalue weighted by molar-refractivity contribution is -0.113. The predicted molar refractivity (Wildman–Crippen MR) is 126 cm³/mol. The maximum atomic E-state index is 12.5. The Kier molecular flexibility index (Phi) is 6.23. The van der Waals surface area contributed by atoms with Crippen LogP contribution in [0.15, 0.2) is 71.9 Å². The van der Waals surface area contributed by atoms with Crippen molar-refractivity contribution in [2.24, 2.45) is 0 Å². The minimum atomic E-state index is -0.0791. The summed E-state index contributed by atoms with van der Waals surface area (Å²) < 4.78 is 7.29. The molecule has 3 aromatic carbocycles. The lowest BCUT2D eigenvalue weighted by atomic mass is 10.1. The van der Waals surface area contributed by atoms with Crippen LogP contribution < -0.4 is 10.1 Å². The van der Waals surface area contributed by atoms with Gasteiger partial charge in [-0.15, -0.1) is 10.2 Å². The number of fused-ring (bicyclic) bond motifs is 1. The summed E-state index contributed by atoms with van der Waals surface area (Å²) in [6.45, 7) is 4.16. The van der Waals surface area contributed by atoms with Gasteiger partial charge in [-0.25, -0.2) is 0 Å². The number of hydrogen-bond acceptors (Lipinski definition) is 5. The van der Waals surface area contributed by atoms with Gasteiger partial charge in [0.15, 0.2) is 11.0 Å². The highest BCUT2D eigenvalue weighted by atomic mass is 32.2. The van der Waals surface area contributed by atoms with Crippen molar-refractivity contribution in [1.29, 1.82) is 0 Å². The van der Waals surface area contributed by atoms with Gasteiger partial charge in [0, 0.05) is 17.3 Å². The number of rotatable bonds is 7. The van der Waals surface area contributed by atoms with Gasteiger partial charge in [-0.05, 0) is 61.0 Å². The fourth-order valence-electron chi connectivity index (χ4n) is 3.37. The second-order valence-corrected chi connectivity index (χ2v) is 8.34. The van der Waals surface area contributed by atoms with Crippen LogP contribution in [0.1, 0.15) is 19.9 Å². The smallest absolute Gasteiger partial charge is 0.234 e. The quantitative estimate of drug-likeness (QED) is 0.395. The van der Waals surface area contributed by atoms with Gasteiger partial charge in [0.25, 0.3) is 0 Å². The average molecular weight is 433 g/mol. The standard InChI is InChI=1S/C24H24N4O2S/c1-16(2)28-23(18-9-12-21(30-3)13-10-18)26-27-24(28)31-15-22(29)25-20-11-8-17-6-4-5-7-19(17)14-20/h4-14,16H,15H2,1-3H3,(H,25,29). The summed E-state index contributed by atoms with van der Waals surface area (Å²) in [6, 6.07) is 21.9. The van der Waals surface area contributed by atoms with Crippen molar-refractivity contribution >= 4 is 34.1 Å². The zero-order valence-corrected chi connectivity index (χ0v) is 18.5. The number of anilines is 1. The molecule has 1 amide bonds. The molecule has 1 N–H and O–H groups in total. The highest BCUT2D eigenvalue weighted by molar-refractivity contribution is 7.99. The Morgan fingerprint density at radius 3 is 2.48 bits per heavy atom. The monoisotopic (exact) mass is 432 g/mol. The molecule has 0 aliphatic carbocycles. The van der Waals surface area contributed by atoms with Crippen molar-refractivity contribution in [3.8, 4) is 17.1 Å². The summed E-state index contributed by atoms with van der Waals surface area (Å²) in [7, 11) is 1.64. The molecule has 0 fully saturated rings. The van der Waals surface area contributed by atoms with Crippen molar-refractivity contribution in [2.75, 3.05) is 18.2 Å². The van der Waals surface area contributed by atoms with Crippen molar-refractivity contribution in [2.45, 2.75) is 25.0 Å². The molecule has 0 unspecified atom stereocenters. The van der Waals surface area contributed by atoms with Crippen molar-refractivity contribution in [3.63, 3.8) is 0 Å². The first kappa shape index (κ1) is 20.9. The van der Waals surface area contributed by atoms with E-state index in [1.165, 1.54) is 11.8 Å². The third kappa shape index (κ3) is 4.72. The number of benzene rings is 3. The highest BCUT2D eigenvalue weighted by Crippen LogP contribution is 2.29. The van der Waals surface area contributed by atoms with E-state index in [9.17, 15) is 4.79 Å². The molecule has 4 rings (SSSR count). The first-order valence-corrected chi connectivity index (χ1v) is 11.0. The van der Waals surface area contributed by atoms with Crippen LogP contribution in [0.2, 0.25) is 0 Å². The molecular weight excluding hydrogens is 408 g/mol. The van der Waals surface area contributed by atoms with Crippen LogP contribution in [0.25, 0.3) is 22.2 Å². The Labute approximate surface area is 185 Å². The molecule has 31 heavy (non-hydrogen) atoms. The number of nitrogens with one attached hydrogen (secondary N) is 1. The summed E-state index contributed by atoms with van der Waals surface area (Å²) >= 11 is 1.38. The summed E-state index contributed by atoms with van der Waals surface area (Å²) in [6.07, 6.45) is 0. The largest absolute Gasteiger partial charge is 0.497 e. The predicted octanol–water partition coefficient (Wildman–Crippen LogP) is 5.42. The van der Waals surface area contributed by atoms with E-state index in [0.29, 0.717) is 0 Å². The van der Waals surface area contributed by atoms with Crippen molar-refractivity contribution in [3.05, 3.63) is 66.7 Å². The lowest BCUT2D eigenvalue weighted by Gasteiger charge is -2.14. The van der Waals surface area contributed by atoms with Gasteiger partial charge in [0.2, 0.25) is 5.91 Å². The van der Waals surface area contributed by atoms with E-state index >= 15 is 0 Å². The van der Waals surface area contributed by atoms with Gasteiger partial charge >= 0.3 is 0 Å². The molecule has 0 saturated heterocycles. The number of ether oxygens (including phenoxy) is 1. The lowest BCUT2D eigenvalue weighted by Crippen LogP contribution is -2.15. The minimum Gasteiger partial charge on any atom is -0.497 e. The zero-order chi connectivity index (χ0) is 21.8. The topological polar surface area (TPSA) is 69.0 Å². The normalized spacial score (nSPS) is 11.1. The molecule has 0 aliphatic heterocycles. The van der Waals surface area contributed by atoms with Gasteiger partial charge in [0.05, 0.1) is 12.9 Å². The minimum absolute atomic E-state index is 0.0791. The molecule has 0 bridgehead atoms. The van der Waals surface area contributed by atoms with Crippen molar-refractivity contribution in [1.82, 2.24) is 14.8 Å². The van der Waals surface area contributed by atoms with Crippen LogP contribution in [0.4, 0.5) is 5.69 Å². The first-order valence-electron chi connectivity index (χ1n) is 10.1. The number of hydrogen-bond donors (Lipinski definition) is 1. The van der Waals surface area contributed by atoms with E-state index in [0.717, 1.165) is 38.8 Å². The van der Waals surface area contributed by atoms with E-state index in [4.69, 9.17) is 4.74 Å². The second-order valence-electron chi connectivity index (χ2n) is 7.40. The number of thioether (sulfide) groups is 1. The van der Waals surface area contributed by atoms with Crippen LogP contribution in [0.5, 0.6) is 5.75 Å². The first-order chi connectivity index (χ1) is 15.0. The Balaban J connectivity index is 1.47. The SMILES string of the molecule is COc1ccc(-c2nnc(SCC(=O)Nc3ccc4ccccc4c3)n2C(C)C)cc1. The molecule has 6 nitrogen and oxygen atoms in total. The van der Waals surface area contributed by atoms with Crippen molar-refractivity contribution < 1.29 is 9.53 Å². The Bertz CT molecular complexity index is 1200. The molecular formula is C24H24N4O2S. The van der Waals surface area contributed by atoms with Gasteiger partial charge in [-0.2, -0.15) is 0 Å². The Hall–Kier alpha value is -3.32. The van der Waals surface area contributed by atoms with Crippen LogP contribution >= 0.6 is 11.8 Å². The maximum absolute atomic E-state index is 12.5. The number of carbonyl (C=O) groups excluding carboxylic acids is 1. The fourth-order valence-corrected chi connectivity index (χ4v) is 4.24. The Morgan fingerprint density at radius 2 is 1.77 bits per heavy atom. The molecule has 1 aromatic heterocycles. The van der Waals surface area contributed by atoms with Crippen LogP contribution in [0.3, 0.4) is 0 Å². The van der Waals surface area contributed by atoms with Gasteiger partial charge < -0.3 is 10.1 Å². The van der Waals surface area contributed by atoms with Gasteiger partial charge in [-0.1, -0.05) is 42.1 Å². The summed E-state index contributed by atoms with van der Waals surface area (Å²) in [5.41, 5.74) is 1.74. The fraction of sp³-hybridized carbons (Fsp3) is 0.208. The van der Waals surface area contributed by atoms with E-state index in [2.05, 4.69) is 40.0 Å². The third-order valence-corrected chi connectivity index (χ3v) is 5.84. The molecule has 7 heteroatoms. The maximum Gasteiger partial charge on any atom is 0.234 e. The summed E-state index contributed by atoms with van der Waals surface area (Å²) in [5, 5.41) is 14.6. The average Bonchev–Trinajstić information content (AvgIpc) is 3.22. The Morgan fingerprint density at radius 1 is 1.03 bits per heavy atom. The van der Waals surface area contributed by atoms with Crippen LogP contribution in [0, 0.1) is 0 Å². The molecule has 4 aromatic rings. The molecule has 0 aliphatic rings. The van der Waals surface area contributed by atoms with Gasteiger partial charge in [0.1, 0.15) is 5.75 Å². The van der Waals surface area contributed by atoms with E-state index in [1.54, 1.807) is 7.11 Å². The number of nitrogens with zero attached hydrogens (tertiary/aromatic N) is 3. The second kappa shape index (κ2) is 9.22. The third-order valence-electron chi connectivity index (χ3n) is 4.89. The summed E-state index contributed by atoms with van der Waals surface area (Å²) in [4.78, 5) is 12.5. The number of amides is 1. The summed E-state index contributed by atoms with van der Waals surface area (Å²) in [5.74, 6) is 1.74. The molecule has 0 atom stereocenters.